The molecule has 16 heavy (non-hydrogen) atoms. The summed E-state index contributed by atoms with van der Waals surface area (Å²) in [6.07, 6.45) is 1.39. The van der Waals surface area contributed by atoms with Crippen LogP contribution in [0.4, 0.5) is 11.4 Å². The van der Waals surface area contributed by atoms with Gasteiger partial charge < -0.3 is 5.73 Å². The smallest absolute Gasteiger partial charge is 0.292 e. The fourth-order valence-corrected chi connectivity index (χ4v) is 1.40. The molecule has 0 amide bonds. The second kappa shape index (κ2) is 3.61. The lowest BCUT2D eigenvalue weighted by molar-refractivity contribution is -0.383. The molecule has 1 aromatic heterocycles. The van der Waals surface area contributed by atoms with E-state index in [9.17, 15) is 10.1 Å². The quantitative estimate of drug-likeness (QED) is 0.461. The summed E-state index contributed by atoms with van der Waals surface area (Å²) >= 11 is 0. The fourth-order valence-electron chi connectivity index (χ4n) is 1.40. The highest BCUT2D eigenvalue weighted by Gasteiger charge is 2.14. The van der Waals surface area contributed by atoms with Crippen molar-refractivity contribution in [2.75, 3.05) is 5.73 Å². The molecule has 0 aliphatic carbocycles. The Labute approximate surface area is 90.7 Å². The van der Waals surface area contributed by atoms with Crippen LogP contribution in [0.1, 0.15) is 0 Å². The van der Waals surface area contributed by atoms with Crippen molar-refractivity contribution < 1.29 is 4.92 Å². The Bertz CT molecular complexity index is 549. The van der Waals surface area contributed by atoms with Gasteiger partial charge in [0.15, 0.2) is 5.82 Å². The maximum absolute atomic E-state index is 10.7. The van der Waals surface area contributed by atoms with Gasteiger partial charge in [-0.05, 0) is 12.1 Å². The summed E-state index contributed by atoms with van der Waals surface area (Å²) in [7, 11) is 1.71. The van der Waals surface area contributed by atoms with Crippen LogP contribution in [0.2, 0.25) is 0 Å². The maximum atomic E-state index is 10.7. The molecule has 1 aromatic carbocycles. The van der Waals surface area contributed by atoms with Gasteiger partial charge in [0.25, 0.3) is 5.69 Å². The van der Waals surface area contributed by atoms with E-state index in [0.29, 0.717) is 11.4 Å². The number of aromatic nitrogens is 3. The van der Waals surface area contributed by atoms with E-state index in [0.717, 1.165) is 0 Å². The highest BCUT2D eigenvalue weighted by Crippen LogP contribution is 2.27. The molecule has 82 valence electrons. The molecule has 0 saturated carbocycles. The summed E-state index contributed by atoms with van der Waals surface area (Å²) in [4.78, 5) is 14.2. The molecule has 2 aromatic rings. The summed E-state index contributed by atoms with van der Waals surface area (Å²) in [5.41, 5.74) is 6.12. The normalized spacial score (nSPS) is 10.3. The van der Waals surface area contributed by atoms with Crippen LogP contribution in [0.3, 0.4) is 0 Å². The lowest BCUT2D eigenvalue weighted by Gasteiger charge is -2.02. The molecule has 7 heteroatoms. The largest absolute Gasteiger partial charge is 0.393 e. The predicted molar refractivity (Wildman–Crippen MR) is 57.5 cm³/mol. The third-order valence-electron chi connectivity index (χ3n) is 2.20. The van der Waals surface area contributed by atoms with Gasteiger partial charge in [0.1, 0.15) is 12.0 Å². The van der Waals surface area contributed by atoms with Gasteiger partial charge in [0.05, 0.1) is 4.92 Å². The molecule has 0 aliphatic rings. The summed E-state index contributed by atoms with van der Waals surface area (Å²) in [6.45, 7) is 0. The Morgan fingerprint density at radius 1 is 1.50 bits per heavy atom. The van der Waals surface area contributed by atoms with Crippen LogP contribution in [0.5, 0.6) is 0 Å². The molecule has 0 aliphatic heterocycles. The lowest BCUT2D eigenvalue weighted by Crippen LogP contribution is -1.98. The van der Waals surface area contributed by atoms with Crippen LogP contribution in [-0.4, -0.2) is 19.7 Å². The van der Waals surface area contributed by atoms with Gasteiger partial charge in [0, 0.05) is 18.7 Å². The maximum Gasteiger partial charge on any atom is 0.292 e. The predicted octanol–water partition coefficient (Wildman–Crippen LogP) is 0.972. The number of aryl methyl sites for hydroxylation is 1. The minimum atomic E-state index is -0.519. The summed E-state index contributed by atoms with van der Waals surface area (Å²) in [6, 6.07) is 4.55. The summed E-state index contributed by atoms with van der Waals surface area (Å²) in [5, 5.41) is 14.6. The molecule has 2 N–H and O–H groups in total. The molecule has 0 atom stereocenters. The van der Waals surface area contributed by atoms with E-state index in [4.69, 9.17) is 5.73 Å². The first-order chi connectivity index (χ1) is 7.59. The van der Waals surface area contributed by atoms with Crippen molar-refractivity contribution in [2.45, 2.75) is 0 Å². The first-order valence-electron chi connectivity index (χ1n) is 4.48. The zero-order valence-electron chi connectivity index (χ0n) is 8.49. The van der Waals surface area contributed by atoms with Crippen LogP contribution in [0.25, 0.3) is 11.4 Å². The standard InChI is InChI=1S/C9H9N5O2/c1-13-9(11-5-12-13)6-2-3-7(10)8(4-6)14(15)16/h2-5H,10H2,1H3. The first-order valence-corrected chi connectivity index (χ1v) is 4.48. The SMILES string of the molecule is Cn1ncnc1-c1ccc(N)c([N+](=O)[O-])c1. The van der Waals surface area contributed by atoms with Crippen molar-refractivity contribution in [1.29, 1.82) is 0 Å². The molecule has 7 nitrogen and oxygen atoms in total. The van der Waals surface area contributed by atoms with Crippen molar-refractivity contribution in [3.63, 3.8) is 0 Å². The van der Waals surface area contributed by atoms with Crippen molar-refractivity contribution >= 4 is 11.4 Å². The van der Waals surface area contributed by atoms with Gasteiger partial charge in [-0.3, -0.25) is 10.1 Å². The van der Waals surface area contributed by atoms with Crippen LogP contribution in [0.15, 0.2) is 24.5 Å². The van der Waals surface area contributed by atoms with E-state index in [-0.39, 0.29) is 11.4 Å². The Kier molecular flexibility index (Phi) is 2.28. The van der Waals surface area contributed by atoms with Crippen molar-refractivity contribution in [1.82, 2.24) is 14.8 Å². The second-order valence-corrected chi connectivity index (χ2v) is 3.24. The minimum absolute atomic E-state index is 0.125. The first kappa shape index (κ1) is 10.1. The number of rotatable bonds is 2. The van der Waals surface area contributed by atoms with Crippen LogP contribution >= 0.6 is 0 Å². The van der Waals surface area contributed by atoms with Gasteiger partial charge in [-0.2, -0.15) is 5.10 Å². The number of hydrogen-bond donors (Lipinski definition) is 1. The van der Waals surface area contributed by atoms with Crippen molar-refractivity contribution in [2.24, 2.45) is 7.05 Å². The third-order valence-corrected chi connectivity index (χ3v) is 2.20. The molecule has 0 fully saturated rings. The van der Waals surface area contributed by atoms with E-state index in [1.165, 1.54) is 23.1 Å². The van der Waals surface area contributed by atoms with Gasteiger partial charge >= 0.3 is 0 Å². The highest BCUT2D eigenvalue weighted by atomic mass is 16.6. The van der Waals surface area contributed by atoms with Crippen molar-refractivity contribution in [3.05, 3.63) is 34.6 Å². The van der Waals surface area contributed by atoms with E-state index in [1.807, 2.05) is 0 Å². The van der Waals surface area contributed by atoms with Crippen molar-refractivity contribution in [3.8, 4) is 11.4 Å². The number of benzene rings is 1. The topological polar surface area (TPSA) is 99.9 Å². The summed E-state index contributed by atoms with van der Waals surface area (Å²) < 4.78 is 1.54. The molecule has 1 heterocycles. The fraction of sp³-hybridized carbons (Fsp3) is 0.111. The Hall–Kier alpha value is -2.44. The molecule has 2 rings (SSSR count). The number of nitrogens with zero attached hydrogens (tertiary/aromatic N) is 4. The Morgan fingerprint density at radius 2 is 2.25 bits per heavy atom. The molecule has 0 saturated heterocycles. The Balaban J connectivity index is 2.56. The lowest BCUT2D eigenvalue weighted by atomic mass is 10.1. The number of nitrogens with two attached hydrogens (primary N) is 1. The third kappa shape index (κ3) is 1.58. The van der Waals surface area contributed by atoms with Crippen LogP contribution in [0, 0.1) is 10.1 Å². The average molecular weight is 219 g/mol. The molecular formula is C9H9N5O2. The molecule has 0 radical (unpaired) electrons. The molecule has 0 bridgehead atoms. The number of nitrogen functional groups attached to an aromatic ring is 1. The Morgan fingerprint density at radius 3 is 2.81 bits per heavy atom. The number of nitro benzene ring substituents is 1. The van der Waals surface area contributed by atoms with Gasteiger partial charge in [-0.15, -0.1) is 0 Å². The summed E-state index contributed by atoms with van der Waals surface area (Å²) in [5.74, 6) is 0.558. The van der Waals surface area contributed by atoms with E-state index >= 15 is 0 Å². The van der Waals surface area contributed by atoms with E-state index < -0.39 is 4.92 Å². The second-order valence-electron chi connectivity index (χ2n) is 3.24. The van der Waals surface area contributed by atoms with Crippen LogP contribution < -0.4 is 5.73 Å². The number of hydrogen-bond acceptors (Lipinski definition) is 5. The number of nitro groups is 1. The molecule has 0 spiro atoms. The van der Waals surface area contributed by atoms with Gasteiger partial charge in [-0.25, -0.2) is 9.67 Å². The molecule has 0 unspecified atom stereocenters. The number of anilines is 1. The van der Waals surface area contributed by atoms with Gasteiger partial charge in [-0.1, -0.05) is 0 Å². The van der Waals surface area contributed by atoms with E-state index in [2.05, 4.69) is 10.1 Å². The van der Waals surface area contributed by atoms with Gasteiger partial charge in [0.2, 0.25) is 0 Å². The van der Waals surface area contributed by atoms with E-state index in [1.54, 1.807) is 13.1 Å². The minimum Gasteiger partial charge on any atom is -0.393 e. The zero-order chi connectivity index (χ0) is 11.7. The zero-order valence-corrected chi connectivity index (χ0v) is 8.49. The average Bonchev–Trinajstić information content (AvgIpc) is 2.65. The monoisotopic (exact) mass is 219 g/mol. The van der Waals surface area contributed by atoms with Crippen LogP contribution in [-0.2, 0) is 7.05 Å². The molecular weight excluding hydrogens is 210 g/mol. The highest BCUT2D eigenvalue weighted by molar-refractivity contribution is 5.68.